The van der Waals surface area contributed by atoms with Crippen LogP contribution in [0.15, 0.2) is 0 Å². The molecule has 1 rings (SSSR count). The number of piperidine rings is 1. The van der Waals surface area contributed by atoms with Gasteiger partial charge >= 0.3 is 0 Å². The van der Waals surface area contributed by atoms with Crippen LogP contribution in [0.2, 0.25) is 0 Å². The van der Waals surface area contributed by atoms with E-state index in [1.54, 1.807) is 11.8 Å². The van der Waals surface area contributed by atoms with E-state index in [2.05, 4.69) is 4.72 Å². The van der Waals surface area contributed by atoms with Crippen molar-refractivity contribution in [3.8, 4) is 0 Å². The second-order valence-electron chi connectivity index (χ2n) is 4.22. The van der Waals surface area contributed by atoms with E-state index in [1.165, 1.54) is 0 Å². The first kappa shape index (κ1) is 13.4. The molecular formula is C10H20N2O3S. The Balaban J connectivity index is 2.40. The molecule has 0 aromatic rings. The van der Waals surface area contributed by atoms with Crippen LogP contribution in [0.1, 0.15) is 33.1 Å². The molecule has 0 spiro atoms. The number of likely N-dealkylation sites (tertiary alicyclic amines) is 1. The Kier molecular flexibility index (Phi) is 4.73. The van der Waals surface area contributed by atoms with E-state index in [0.717, 1.165) is 0 Å². The summed E-state index contributed by atoms with van der Waals surface area (Å²) in [5, 5.41) is 0. The van der Waals surface area contributed by atoms with Gasteiger partial charge in [0.25, 0.3) is 0 Å². The predicted molar refractivity (Wildman–Crippen MR) is 62.5 cm³/mol. The Hall–Kier alpha value is -0.620. The monoisotopic (exact) mass is 248 g/mol. The van der Waals surface area contributed by atoms with Crippen molar-refractivity contribution in [3.63, 3.8) is 0 Å². The second kappa shape index (κ2) is 5.63. The van der Waals surface area contributed by atoms with Gasteiger partial charge in [-0.1, -0.05) is 6.92 Å². The third-order valence-electron chi connectivity index (χ3n) is 2.76. The molecule has 6 heteroatoms. The van der Waals surface area contributed by atoms with Gasteiger partial charge in [0.1, 0.15) is 0 Å². The molecule has 0 saturated carbocycles. The molecule has 0 atom stereocenters. The first-order chi connectivity index (χ1) is 7.44. The zero-order valence-electron chi connectivity index (χ0n) is 9.90. The van der Waals surface area contributed by atoms with Gasteiger partial charge in [-0.25, -0.2) is 13.1 Å². The summed E-state index contributed by atoms with van der Waals surface area (Å²) in [5.74, 6) is 0.245. The molecule has 5 nitrogen and oxygen atoms in total. The molecule has 0 radical (unpaired) electrons. The third kappa shape index (κ3) is 4.09. The number of carbonyl (C=O) groups is 1. The minimum atomic E-state index is -3.12. The molecule has 0 bridgehead atoms. The van der Waals surface area contributed by atoms with Crippen LogP contribution < -0.4 is 4.72 Å². The first-order valence-electron chi connectivity index (χ1n) is 5.70. The highest BCUT2D eigenvalue weighted by Crippen LogP contribution is 2.11. The Morgan fingerprint density at radius 2 is 1.94 bits per heavy atom. The molecular weight excluding hydrogens is 228 g/mol. The van der Waals surface area contributed by atoms with Gasteiger partial charge in [0.05, 0.1) is 5.75 Å². The van der Waals surface area contributed by atoms with Gasteiger partial charge in [0.15, 0.2) is 0 Å². The van der Waals surface area contributed by atoms with Crippen LogP contribution in [-0.2, 0) is 14.8 Å². The second-order valence-corrected chi connectivity index (χ2v) is 6.09. The highest BCUT2D eigenvalue weighted by atomic mass is 32.2. The lowest BCUT2D eigenvalue weighted by atomic mass is 10.1. The molecule has 1 saturated heterocycles. The molecule has 1 aliphatic heterocycles. The molecule has 1 N–H and O–H groups in total. The SMILES string of the molecule is CCCS(=O)(=O)NC1CCN(C(C)=O)CC1. The summed E-state index contributed by atoms with van der Waals surface area (Å²) in [6, 6.07) is -0.00727. The molecule has 0 aromatic heterocycles. The van der Waals surface area contributed by atoms with Gasteiger partial charge in [0.2, 0.25) is 15.9 Å². The average Bonchev–Trinajstić information content (AvgIpc) is 2.17. The van der Waals surface area contributed by atoms with Crippen molar-refractivity contribution >= 4 is 15.9 Å². The van der Waals surface area contributed by atoms with Gasteiger partial charge in [-0.3, -0.25) is 4.79 Å². The third-order valence-corrected chi connectivity index (χ3v) is 4.40. The summed E-state index contributed by atoms with van der Waals surface area (Å²) < 4.78 is 25.7. The van der Waals surface area contributed by atoms with Crippen molar-refractivity contribution in [1.82, 2.24) is 9.62 Å². The lowest BCUT2D eigenvalue weighted by Crippen LogP contribution is -2.46. The maximum atomic E-state index is 11.5. The average molecular weight is 248 g/mol. The molecule has 94 valence electrons. The van der Waals surface area contributed by atoms with Crippen molar-refractivity contribution in [2.45, 2.75) is 39.2 Å². The molecule has 1 heterocycles. The smallest absolute Gasteiger partial charge is 0.219 e. The number of hydrogen-bond acceptors (Lipinski definition) is 3. The molecule has 16 heavy (non-hydrogen) atoms. The number of carbonyl (C=O) groups excluding carboxylic acids is 1. The van der Waals surface area contributed by atoms with E-state index in [9.17, 15) is 13.2 Å². The highest BCUT2D eigenvalue weighted by molar-refractivity contribution is 7.89. The van der Waals surface area contributed by atoms with Crippen molar-refractivity contribution in [1.29, 1.82) is 0 Å². The van der Waals surface area contributed by atoms with Crippen LogP contribution in [0.3, 0.4) is 0 Å². The molecule has 0 aromatic carbocycles. The topological polar surface area (TPSA) is 66.5 Å². The van der Waals surface area contributed by atoms with E-state index in [0.29, 0.717) is 32.4 Å². The number of rotatable bonds is 4. The van der Waals surface area contributed by atoms with Crippen molar-refractivity contribution in [3.05, 3.63) is 0 Å². The fourth-order valence-electron chi connectivity index (χ4n) is 1.89. The number of amides is 1. The summed E-state index contributed by atoms with van der Waals surface area (Å²) in [6.45, 7) is 4.68. The summed E-state index contributed by atoms with van der Waals surface area (Å²) in [5.41, 5.74) is 0. The van der Waals surface area contributed by atoms with E-state index in [1.807, 2.05) is 6.92 Å². The van der Waals surface area contributed by atoms with Crippen molar-refractivity contribution in [2.75, 3.05) is 18.8 Å². The van der Waals surface area contributed by atoms with Gasteiger partial charge in [-0.2, -0.15) is 0 Å². The Bertz CT molecular complexity index is 332. The standard InChI is InChI=1S/C10H20N2O3S/c1-3-8-16(14,15)11-10-4-6-12(7-5-10)9(2)13/h10-11H,3-8H2,1-2H3. The lowest BCUT2D eigenvalue weighted by Gasteiger charge is -2.31. The van der Waals surface area contributed by atoms with Crippen LogP contribution in [-0.4, -0.2) is 44.1 Å². The van der Waals surface area contributed by atoms with Crippen LogP contribution in [0.4, 0.5) is 0 Å². The van der Waals surface area contributed by atoms with Gasteiger partial charge in [-0.15, -0.1) is 0 Å². The van der Waals surface area contributed by atoms with Crippen molar-refractivity contribution < 1.29 is 13.2 Å². The fourth-order valence-corrected chi connectivity index (χ4v) is 3.29. The Labute approximate surface area is 97.2 Å². The van der Waals surface area contributed by atoms with E-state index < -0.39 is 10.0 Å². The molecule has 0 aliphatic carbocycles. The zero-order valence-corrected chi connectivity index (χ0v) is 10.7. The minimum absolute atomic E-state index is 0.00727. The molecule has 1 aliphatic rings. The maximum Gasteiger partial charge on any atom is 0.219 e. The lowest BCUT2D eigenvalue weighted by molar-refractivity contribution is -0.129. The predicted octanol–water partition coefficient (Wildman–Crippen LogP) is 0.327. The highest BCUT2D eigenvalue weighted by Gasteiger charge is 2.23. The zero-order chi connectivity index (χ0) is 12.2. The van der Waals surface area contributed by atoms with Crippen LogP contribution in [0.5, 0.6) is 0 Å². The van der Waals surface area contributed by atoms with Crippen LogP contribution >= 0.6 is 0 Å². The molecule has 1 fully saturated rings. The fraction of sp³-hybridized carbons (Fsp3) is 0.900. The number of hydrogen-bond donors (Lipinski definition) is 1. The number of nitrogens with zero attached hydrogens (tertiary/aromatic N) is 1. The maximum absolute atomic E-state index is 11.5. The molecule has 1 amide bonds. The van der Waals surface area contributed by atoms with Crippen LogP contribution in [0.25, 0.3) is 0 Å². The molecule has 0 unspecified atom stereocenters. The van der Waals surface area contributed by atoms with E-state index in [4.69, 9.17) is 0 Å². The van der Waals surface area contributed by atoms with Gasteiger partial charge in [-0.05, 0) is 19.3 Å². The van der Waals surface area contributed by atoms with E-state index >= 15 is 0 Å². The summed E-state index contributed by atoms with van der Waals surface area (Å²) >= 11 is 0. The minimum Gasteiger partial charge on any atom is -0.343 e. The van der Waals surface area contributed by atoms with Gasteiger partial charge in [0, 0.05) is 26.1 Å². The summed E-state index contributed by atoms with van der Waals surface area (Å²) in [7, 11) is -3.12. The Morgan fingerprint density at radius 1 is 1.38 bits per heavy atom. The van der Waals surface area contributed by atoms with Crippen LogP contribution in [0, 0.1) is 0 Å². The number of sulfonamides is 1. The largest absolute Gasteiger partial charge is 0.343 e. The van der Waals surface area contributed by atoms with E-state index in [-0.39, 0.29) is 17.7 Å². The summed E-state index contributed by atoms with van der Waals surface area (Å²) in [6.07, 6.45) is 2.05. The Morgan fingerprint density at radius 3 is 2.38 bits per heavy atom. The number of nitrogens with one attached hydrogen (secondary N) is 1. The van der Waals surface area contributed by atoms with Gasteiger partial charge < -0.3 is 4.90 Å². The van der Waals surface area contributed by atoms with Crippen molar-refractivity contribution in [2.24, 2.45) is 0 Å². The quantitative estimate of drug-likeness (QED) is 0.779. The summed E-state index contributed by atoms with van der Waals surface area (Å²) in [4.78, 5) is 12.8. The first-order valence-corrected chi connectivity index (χ1v) is 7.35. The normalized spacial score (nSPS) is 18.8.